The molecule has 0 unspecified atom stereocenters. The van der Waals surface area contributed by atoms with Gasteiger partial charge in [0, 0.05) is 5.92 Å². The Bertz CT molecular complexity index is 721. The summed E-state index contributed by atoms with van der Waals surface area (Å²) in [6.07, 6.45) is 2.68. The van der Waals surface area contributed by atoms with Crippen LogP contribution in [0.4, 0.5) is 0 Å². The average Bonchev–Trinajstić information content (AvgIpc) is 3.07. The van der Waals surface area contributed by atoms with Crippen molar-refractivity contribution in [1.29, 1.82) is 0 Å². The zero-order chi connectivity index (χ0) is 16.2. The number of amides is 1. The van der Waals surface area contributed by atoms with Crippen LogP contribution in [-0.2, 0) is 4.79 Å². The summed E-state index contributed by atoms with van der Waals surface area (Å²) in [4.78, 5) is 11.7. The number of hydrogen-bond acceptors (Lipinski definition) is 4. The molecule has 2 aromatic rings. The maximum Gasteiger partial charge on any atom is 0.277 e. The SMILES string of the molecule is Cc1cccc(OCC(=O)N/N=C\c2ccc([C@H]3C[C@@H]3C)o2)c1. The van der Waals surface area contributed by atoms with Crippen molar-refractivity contribution in [2.45, 2.75) is 26.2 Å². The van der Waals surface area contributed by atoms with E-state index in [2.05, 4.69) is 17.5 Å². The van der Waals surface area contributed by atoms with Crippen molar-refractivity contribution >= 4 is 12.1 Å². The maximum absolute atomic E-state index is 11.7. The van der Waals surface area contributed by atoms with Crippen molar-refractivity contribution in [3.63, 3.8) is 0 Å². The van der Waals surface area contributed by atoms with E-state index >= 15 is 0 Å². The molecule has 0 aliphatic heterocycles. The zero-order valence-corrected chi connectivity index (χ0v) is 13.3. The molecule has 0 bridgehead atoms. The van der Waals surface area contributed by atoms with E-state index in [4.69, 9.17) is 9.15 Å². The number of furan rings is 1. The second-order valence-electron chi connectivity index (χ2n) is 5.96. The molecule has 120 valence electrons. The number of ether oxygens (including phenoxy) is 1. The van der Waals surface area contributed by atoms with Crippen LogP contribution in [0.5, 0.6) is 5.75 Å². The summed E-state index contributed by atoms with van der Waals surface area (Å²) < 4.78 is 11.1. The first-order valence-electron chi connectivity index (χ1n) is 7.73. The molecule has 0 spiro atoms. The third-order valence-corrected chi connectivity index (χ3v) is 3.86. The lowest BCUT2D eigenvalue weighted by molar-refractivity contribution is -0.123. The Labute approximate surface area is 135 Å². The van der Waals surface area contributed by atoms with Gasteiger partial charge in [-0.05, 0) is 49.1 Å². The Balaban J connectivity index is 1.44. The van der Waals surface area contributed by atoms with E-state index in [-0.39, 0.29) is 12.5 Å². The molecule has 0 radical (unpaired) electrons. The number of nitrogens with zero attached hydrogens (tertiary/aromatic N) is 1. The fourth-order valence-electron chi connectivity index (χ4n) is 2.41. The van der Waals surface area contributed by atoms with Crippen molar-refractivity contribution in [3.8, 4) is 5.75 Å². The van der Waals surface area contributed by atoms with E-state index in [1.807, 2.05) is 43.3 Å². The van der Waals surface area contributed by atoms with Crippen molar-refractivity contribution in [2.75, 3.05) is 6.61 Å². The van der Waals surface area contributed by atoms with Gasteiger partial charge in [0.15, 0.2) is 6.61 Å². The topological polar surface area (TPSA) is 63.8 Å². The zero-order valence-electron chi connectivity index (χ0n) is 13.3. The predicted octanol–water partition coefficient (Wildman–Crippen LogP) is 3.24. The van der Waals surface area contributed by atoms with Gasteiger partial charge in [-0.25, -0.2) is 5.43 Å². The van der Waals surface area contributed by atoms with Crippen molar-refractivity contribution in [1.82, 2.24) is 5.43 Å². The Kier molecular flexibility index (Phi) is 4.46. The van der Waals surface area contributed by atoms with Crippen LogP contribution in [0.2, 0.25) is 0 Å². The van der Waals surface area contributed by atoms with Gasteiger partial charge < -0.3 is 9.15 Å². The lowest BCUT2D eigenvalue weighted by atomic mass is 10.2. The summed E-state index contributed by atoms with van der Waals surface area (Å²) in [5, 5.41) is 3.89. The molecular formula is C18H20N2O3. The number of benzene rings is 1. The van der Waals surface area contributed by atoms with Crippen LogP contribution in [0.3, 0.4) is 0 Å². The summed E-state index contributed by atoms with van der Waals surface area (Å²) in [5.41, 5.74) is 3.51. The molecule has 5 heteroatoms. The standard InChI is InChI=1S/C18H20N2O3/c1-12-4-3-5-14(8-12)22-11-18(21)20-19-10-15-6-7-17(23-15)16-9-13(16)2/h3-8,10,13,16H,9,11H2,1-2H3,(H,20,21)/b19-10-/t13-,16-/m0/s1. The number of nitrogens with one attached hydrogen (secondary N) is 1. The highest BCUT2D eigenvalue weighted by molar-refractivity contribution is 5.81. The minimum Gasteiger partial charge on any atom is -0.484 e. The van der Waals surface area contributed by atoms with Crippen molar-refractivity contribution < 1.29 is 13.9 Å². The second kappa shape index (κ2) is 6.69. The van der Waals surface area contributed by atoms with E-state index in [0.29, 0.717) is 23.3 Å². The summed E-state index contributed by atoms with van der Waals surface area (Å²) in [6, 6.07) is 11.4. The molecule has 1 saturated carbocycles. The molecule has 1 aliphatic rings. The number of aryl methyl sites for hydroxylation is 1. The van der Waals surface area contributed by atoms with E-state index in [1.54, 1.807) is 0 Å². The number of rotatable bonds is 6. The summed E-state index contributed by atoms with van der Waals surface area (Å²) >= 11 is 0. The van der Waals surface area contributed by atoms with E-state index in [0.717, 1.165) is 11.3 Å². The molecule has 1 fully saturated rings. The second-order valence-corrected chi connectivity index (χ2v) is 5.96. The lowest BCUT2D eigenvalue weighted by Crippen LogP contribution is -2.24. The molecule has 0 saturated heterocycles. The van der Waals surface area contributed by atoms with Gasteiger partial charge >= 0.3 is 0 Å². The third kappa shape index (κ3) is 4.22. The molecule has 23 heavy (non-hydrogen) atoms. The number of hydrogen-bond donors (Lipinski definition) is 1. The molecule has 1 amide bonds. The maximum atomic E-state index is 11.7. The van der Waals surface area contributed by atoms with Gasteiger partial charge in [0.05, 0.1) is 6.21 Å². The number of carbonyl (C=O) groups excluding carboxylic acids is 1. The lowest BCUT2D eigenvalue weighted by Gasteiger charge is -2.05. The molecule has 1 N–H and O–H groups in total. The van der Waals surface area contributed by atoms with Gasteiger partial charge in [-0.2, -0.15) is 5.10 Å². The third-order valence-electron chi connectivity index (χ3n) is 3.86. The first-order valence-corrected chi connectivity index (χ1v) is 7.73. The Morgan fingerprint density at radius 1 is 1.43 bits per heavy atom. The Morgan fingerprint density at radius 3 is 3.00 bits per heavy atom. The Morgan fingerprint density at radius 2 is 2.26 bits per heavy atom. The summed E-state index contributed by atoms with van der Waals surface area (Å²) in [7, 11) is 0. The molecule has 1 aromatic heterocycles. The molecule has 1 aromatic carbocycles. The minimum absolute atomic E-state index is 0.0796. The first kappa shape index (κ1) is 15.3. The van der Waals surface area contributed by atoms with E-state index in [1.165, 1.54) is 12.6 Å². The van der Waals surface area contributed by atoms with Gasteiger partial charge in [0.1, 0.15) is 17.3 Å². The highest BCUT2D eigenvalue weighted by Crippen LogP contribution is 2.47. The molecular weight excluding hydrogens is 292 g/mol. The Hall–Kier alpha value is -2.56. The number of hydrazone groups is 1. The average molecular weight is 312 g/mol. The highest BCUT2D eigenvalue weighted by Gasteiger charge is 2.36. The minimum atomic E-state index is -0.314. The molecule has 2 atom stereocenters. The fraction of sp³-hybridized carbons (Fsp3) is 0.333. The molecule has 5 nitrogen and oxygen atoms in total. The quantitative estimate of drug-likeness (QED) is 0.658. The smallest absolute Gasteiger partial charge is 0.277 e. The van der Waals surface area contributed by atoms with Gasteiger partial charge in [0.25, 0.3) is 5.91 Å². The van der Waals surface area contributed by atoms with Gasteiger partial charge in [-0.15, -0.1) is 0 Å². The van der Waals surface area contributed by atoms with Gasteiger partial charge in [-0.1, -0.05) is 19.1 Å². The van der Waals surface area contributed by atoms with Crippen LogP contribution in [0.25, 0.3) is 0 Å². The molecule has 1 heterocycles. The van der Waals surface area contributed by atoms with Crippen molar-refractivity contribution in [2.24, 2.45) is 11.0 Å². The van der Waals surface area contributed by atoms with Crippen LogP contribution in [0.1, 0.15) is 36.3 Å². The van der Waals surface area contributed by atoms with Crippen molar-refractivity contribution in [3.05, 3.63) is 53.5 Å². The van der Waals surface area contributed by atoms with Gasteiger partial charge in [0.2, 0.25) is 0 Å². The molecule has 3 rings (SSSR count). The van der Waals surface area contributed by atoms with Crippen LogP contribution >= 0.6 is 0 Å². The molecule has 1 aliphatic carbocycles. The first-order chi connectivity index (χ1) is 11.1. The normalized spacial score (nSPS) is 19.7. The largest absolute Gasteiger partial charge is 0.484 e. The van der Waals surface area contributed by atoms with Gasteiger partial charge in [-0.3, -0.25) is 4.79 Å². The van der Waals surface area contributed by atoms with Crippen LogP contribution in [0.15, 0.2) is 45.9 Å². The summed E-state index contributed by atoms with van der Waals surface area (Å²) in [5.74, 6) is 3.22. The van der Waals surface area contributed by atoms with E-state index < -0.39 is 0 Å². The monoisotopic (exact) mass is 312 g/mol. The van der Waals surface area contributed by atoms with Crippen LogP contribution in [-0.4, -0.2) is 18.7 Å². The highest BCUT2D eigenvalue weighted by atomic mass is 16.5. The summed E-state index contributed by atoms with van der Waals surface area (Å²) in [6.45, 7) is 4.09. The predicted molar refractivity (Wildman–Crippen MR) is 87.6 cm³/mol. The van der Waals surface area contributed by atoms with Crippen LogP contribution in [0, 0.1) is 12.8 Å². The van der Waals surface area contributed by atoms with E-state index in [9.17, 15) is 4.79 Å². The number of carbonyl (C=O) groups is 1. The van der Waals surface area contributed by atoms with Crippen LogP contribution < -0.4 is 10.2 Å². The fourth-order valence-corrected chi connectivity index (χ4v) is 2.41.